The van der Waals surface area contributed by atoms with Crippen molar-refractivity contribution < 1.29 is 0 Å². The van der Waals surface area contributed by atoms with Crippen LogP contribution in [0.3, 0.4) is 0 Å². The molecule has 82 valence electrons. The van der Waals surface area contributed by atoms with Crippen molar-refractivity contribution in [1.82, 2.24) is 0 Å². The maximum atomic E-state index is 5.80. The second kappa shape index (κ2) is 3.60. The second-order valence-corrected chi connectivity index (χ2v) is 6.02. The highest BCUT2D eigenvalue weighted by Crippen LogP contribution is 2.64. The van der Waals surface area contributed by atoms with Gasteiger partial charge in [0.2, 0.25) is 0 Å². The van der Waals surface area contributed by atoms with Gasteiger partial charge in [0.25, 0.3) is 0 Å². The van der Waals surface area contributed by atoms with Crippen LogP contribution < -0.4 is 5.73 Å². The molecule has 1 fully saturated rings. The molecule has 0 heterocycles. The van der Waals surface area contributed by atoms with Crippen LogP contribution >= 0.6 is 15.9 Å². The van der Waals surface area contributed by atoms with Crippen molar-refractivity contribution in [3.05, 3.63) is 33.8 Å². The molecule has 1 nitrogen and oxygen atoms in total. The van der Waals surface area contributed by atoms with Crippen LogP contribution in [0.4, 0.5) is 0 Å². The van der Waals surface area contributed by atoms with Crippen LogP contribution in [-0.2, 0) is 0 Å². The Morgan fingerprint density at radius 2 is 2.07 bits per heavy atom. The number of hydrogen-bond donors (Lipinski definition) is 1. The summed E-state index contributed by atoms with van der Waals surface area (Å²) in [6, 6.07) is 6.61. The Bertz CT molecular complexity index is 384. The van der Waals surface area contributed by atoms with E-state index in [1.807, 2.05) is 0 Å². The molecule has 2 atom stereocenters. The second-order valence-electron chi connectivity index (χ2n) is 5.17. The molecule has 15 heavy (non-hydrogen) atoms. The molecule has 0 spiro atoms. The van der Waals surface area contributed by atoms with Gasteiger partial charge in [0, 0.05) is 4.47 Å². The van der Waals surface area contributed by atoms with E-state index in [1.165, 1.54) is 15.6 Å². The molecule has 2 N–H and O–H groups in total. The molecule has 0 aliphatic heterocycles. The Kier molecular flexibility index (Phi) is 2.68. The molecular weight excluding hydrogens is 250 g/mol. The third kappa shape index (κ3) is 1.74. The van der Waals surface area contributed by atoms with Crippen molar-refractivity contribution in [2.24, 2.45) is 17.1 Å². The van der Waals surface area contributed by atoms with E-state index in [0.29, 0.717) is 17.3 Å². The van der Waals surface area contributed by atoms with Crippen molar-refractivity contribution in [2.45, 2.75) is 26.7 Å². The predicted molar refractivity (Wildman–Crippen MR) is 67.9 cm³/mol. The van der Waals surface area contributed by atoms with Gasteiger partial charge in [0.1, 0.15) is 0 Å². The van der Waals surface area contributed by atoms with Crippen molar-refractivity contribution in [3.63, 3.8) is 0 Å². The van der Waals surface area contributed by atoms with Crippen molar-refractivity contribution in [1.29, 1.82) is 0 Å². The number of aryl methyl sites for hydroxylation is 1. The van der Waals surface area contributed by atoms with E-state index >= 15 is 0 Å². The lowest BCUT2D eigenvalue weighted by molar-refractivity contribution is 0.558. The molecule has 1 saturated carbocycles. The van der Waals surface area contributed by atoms with E-state index in [4.69, 9.17) is 5.73 Å². The monoisotopic (exact) mass is 267 g/mol. The largest absolute Gasteiger partial charge is 0.330 e. The zero-order valence-electron chi connectivity index (χ0n) is 9.55. The molecule has 0 bridgehead atoms. The lowest BCUT2D eigenvalue weighted by Gasteiger charge is -2.06. The minimum atomic E-state index is 0.368. The van der Waals surface area contributed by atoms with E-state index in [9.17, 15) is 0 Å². The molecular formula is C13H18BrN. The van der Waals surface area contributed by atoms with Gasteiger partial charge in [0.05, 0.1) is 0 Å². The van der Waals surface area contributed by atoms with Crippen LogP contribution in [0, 0.1) is 18.3 Å². The summed E-state index contributed by atoms with van der Waals surface area (Å²) in [5, 5.41) is 0. The first kappa shape index (κ1) is 11.2. The Labute approximate surface area is 100 Å². The van der Waals surface area contributed by atoms with Gasteiger partial charge < -0.3 is 5.73 Å². The highest BCUT2D eigenvalue weighted by Gasteiger charge is 2.57. The van der Waals surface area contributed by atoms with Crippen LogP contribution in [0.2, 0.25) is 0 Å². The molecule has 2 unspecified atom stereocenters. The first-order valence-corrected chi connectivity index (χ1v) is 6.24. The Balaban J connectivity index is 2.33. The lowest BCUT2D eigenvalue weighted by Crippen LogP contribution is -2.05. The zero-order valence-corrected chi connectivity index (χ0v) is 11.1. The average Bonchev–Trinajstić information content (AvgIpc) is 2.68. The molecule has 1 aliphatic rings. The van der Waals surface area contributed by atoms with Gasteiger partial charge in [0.15, 0.2) is 0 Å². The van der Waals surface area contributed by atoms with Crippen molar-refractivity contribution in [3.8, 4) is 0 Å². The van der Waals surface area contributed by atoms with Crippen LogP contribution in [0.1, 0.15) is 30.9 Å². The van der Waals surface area contributed by atoms with Crippen LogP contribution in [0.25, 0.3) is 0 Å². The Morgan fingerprint density at radius 1 is 1.40 bits per heavy atom. The number of benzene rings is 1. The maximum absolute atomic E-state index is 5.80. The molecule has 1 aliphatic carbocycles. The van der Waals surface area contributed by atoms with E-state index in [-0.39, 0.29) is 0 Å². The fraction of sp³-hybridized carbons (Fsp3) is 0.538. The van der Waals surface area contributed by atoms with Crippen LogP contribution in [0.5, 0.6) is 0 Å². The number of hydrogen-bond acceptors (Lipinski definition) is 1. The summed E-state index contributed by atoms with van der Waals surface area (Å²) in [6.45, 7) is 7.52. The van der Waals surface area contributed by atoms with E-state index in [2.05, 4.69) is 54.9 Å². The fourth-order valence-corrected chi connectivity index (χ4v) is 3.43. The van der Waals surface area contributed by atoms with Gasteiger partial charge in [-0.25, -0.2) is 0 Å². The standard InChI is InChI=1S/C13H18BrN/c1-8-4-5-9(11(14)6-8)12-10(7-15)13(12,2)3/h4-6,10,12H,7,15H2,1-3H3. The number of halogens is 1. The first-order chi connectivity index (χ1) is 6.98. The summed E-state index contributed by atoms with van der Waals surface area (Å²) >= 11 is 3.66. The summed E-state index contributed by atoms with van der Waals surface area (Å²) in [5.41, 5.74) is 8.89. The maximum Gasteiger partial charge on any atom is 0.0213 e. The molecule has 0 amide bonds. The van der Waals surface area contributed by atoms with Crippen molar-refractivity contribution >= 4 is 15.9 Å². The highest BCUT2D eigenvalue weighted by atomic mass is 79.9. The molecule has 2 rings (SSSR count). The zero-order chi connectivity index (χ0) is 11.2. The van der Waals surface area contributed by atoms with Gasteiger partial charge >= 0.3 is 0 Å². The van der Waals surface area contributed by atoms with Gasteiger partial charge in [-0.3, -0.25) is 0 Å². The predicted octanol–water partition coefficient (Wildman–Crippen LogP) is 3.46. The SMILES string of the molecule is Cc1ccc(C2C(CN)C2(C)C)c(Br)c1. The minimum Gasteiger partial charge on any atom is -0.330 e. The third-order valence-corrected chi connectivity index (χ3v) is 4.48. The first-order valence-electron chi connectivity index (χ1n) is 5.44. The summed E-state index contributed by atoms with van der Waals surface area (Å²) in [6.07, 6.45) is 0. The van der Waals surface area contributed by atoms with Gasteiger partial charge in [-0.05, 0) is 47.9 Å². The molecule has 0 saturated heterocycles. The minimum absolute atomic E-state index is 0.368. The Morgan fingerprint density at radius 3 is 2.53 bits per heavy atom. The molecule has 1 aromatic carbocycles. The molecule has 0 aromatic heterocycles. The molecule has 2 heteroatoms. The van der Waals surface area contributed by atoms with E-state index in [0.717, 1.165) is 6.54 Å². The quantitative estimate of drug-likeness (QED) is 0.873. The van der Waals surface area contributed by atoms with E-state index < -0.39 is 0 Å². The average molecular weight is 268 g/mol. The fourth-order valence-electron chi connectivity index (χ4n) is 2.69. The molecule has 1 aromatic rings. The van der Waals surface area contributed by atoms with Crippen LogP contribution in [-0.4, -0.2) is 6.54 Å². The topological polar surface area (TPSA) is 26.0 Å². The smallest absolute Gasteiger partial charge is 0.0213 e. The van der Waals surface area contributed by atoms with Crippen molar-refractivity contribution in [2.75, 3.05) is 6.54 Å². The van der Waals surface area contributed by atoms with Gasteiger partial charge in [-0.15, -0.1) is 0 Å². The van der Waals surface area contributed by atoms with Gasteiger partial charge in [-0.2, -0.15) is 0 Å². The number of rotatable bonds is 2. The summed E-state index contributed by atoms with van der Waals surface area (Å²) in [7, 11) is 0. The normalized spacial score (nSPS) is 27.8. The lowest BCUT2D eigenvalue weighted by atomic mass is 10.0. The number of nitrogens with two attached hydrogens (primary N) is 1. The third-order valence-electron chi connectivity index (χ3n) is 3.80. The van der Waals surface area contributed by atoms with Crippen LogP contribution in [0.15, 0.2) is 22.7 Å². The highest BCUT2D eigenvalue weighted by molar-refractivity contribution is 9.10. The molecule has 0 radical (unpaired) electrons. The summed E-state index contributed by atoms with van der Waals surface area (Å²) in [5.74, 6) is 1.26. The summed E-state index contributed by atoms with van der Waals surface area (Å²) < 4.78 is 1.23. The van der Waals surface area contributed by atoms with E-state index in [1.54, 1.807) is 0 Å². The Hall–Kier alpha value is -0.340. The summed E-state index contributed by atoms with van der Waals surface area (Å²) in [4.78, 5) is 0. The van der Waals surface area contributed by atoms with Gasteiger partial charge in [-0.1, -0.05) is 41.9 Å².